The largest absolute Gasteiger partial charge is 0.446 e. The number of rotatable bonds is 7. The first-order chi connectivity index (χ1) is 10.5. The molecule has 22 heavy (non-hydrogen) atoms. The Bertz CT molecular complexity index is 480. The van der Waals surface area contributed by atoms with Gasteiger partial charge in [-0.1, -0.05) is 6.42 Å². The van der Waals surface area contributed by atoms with Gasteiger partial charge in [-0.2, -0.15) is 0 Å². The number of amides is 2. The van der Waals surface area contributed by atoms with Crippen molar-refractivity contribution in [3.05, 3.63) is 0 Å². The number of hydrogen-bond acceptors (Lipinski definition) is 6. The maximum absolute atomic E-state index is 11.6. The fourth-order valence-electron chi connectivity index (χ4n) is 2.60. The summed E-state index contributed by atoms with van der Waals surface area (Å²) in [5.74, 6) is -1.49. The van der Waals surface area contributed by atoms with Crippen molar-refractivity contribution in [2.75, 3.05) is 6.54 Å². The summed E-state index contributed by atoms with van der Waals surface area (Å²) in [5, 5.41) is 0. The molecule has 0 aromatic heterocycles. The number of ether oxygens (including phenoxy) is 1. The minimum atomic E-state index is -1.20. The first kappa shape index (κ1) is 16.3. The molecule has 7 nitrogen and oxygen atoms in total. The molecule has 2 rings (SSSR count). The summed E-state index contributed by atoms with van der Waals surface area (Å²) in [5.41, 5.74) is 0. The van der Waals surface area contributed by atoms with E-state index in [1.165, 1.54) is 4.90 Å². The van der Waals surface area contributed by atoms with E-state index < -0.39 is 12.1 Å². The highest BCUT2D eigenvalue weighted by Gasteiger charge is 2.35. The normalized spacial score (nSPS) is 19.4. The third-order valence-electron chi connectivity index (χ3n) is 3.87. The number of Topliss-reactive ketones (excluding diaryl/α,β-unsaturated/α-hetero) is 2. The van der Waals surface area contributed by atoms with Crippen molar-refractivity contribution < 1.29 is 28.7 Å². The van der Waals surface area contributed by atoms with Crippen molar-refractivity contribution in [2.45, 2.75) is 57.5 Å². The van der Waals surface area contributed by atoms with E-state index in [9.17, 15) is 24.0 Å². The Kier molecular flexibility index (Phi) is 5.41. The molecule has 7 heteroatoms. The molecular formula is C15H19NO6. The van der Waals surface area contributed by atoms with Gasteiger partial charge in [-0.25, -0.2) is 0 Å². The van der Waals surface area contributed by atoms with Crippen LogP contribution >= 0.6 is 0 Å². The lowest BCUT2D eigenvalue weighted by Crippen LogP contribution is -2.30. The molecule has 2 amide bonds. The van der Waals surface area contributed by atoms with Gasteiger partial charge in [0, 0.05) is 38.6 Å². The second kappa shape index (κ2) is 7.29. The number of carbonyl (C=O) groups excluding carboxylic acids is 5. The number of carbonyl (C=O) groups is 5. The summed E-state index contributed by atoms with van der Waals surface area (Å²) in [4.78, 5) is 58.3. The lowest BCUT2D eigenvalue weighted by Gasteiger charge is -2.13. The summed E-state index contributed by atoms with van der Waals surface area (Å²) in [7, 11) is 0. The van der Waals surface area contributed by atoms with E-state index in [1.807, 2.05) is 0 Å². The SMILES string of the molecule is O=C(CCCCCN1C(=O)CCC1=O)OC1C(=O)CCC1=O. The zero-order valence-electron chi connectivity index (χ0n) is 12.3. The molecule has 0 unspecified atom stereocenters. The van der Waals surface area contributed by atoms with Crippen LogP contribution in [0, 0.1) is 0 Å². The highest BCUT2D eigenvalue weighted by Crippen LogP contribution is 2.16. The first-order valence-electron chi connectivity index (χ1n) is 7.57. The fraction of sp³-hybridized carbons (Fsp3) is 0.667. The Morgan fingerprint density at radius 1 is 0.909 bits per heavy atom. The predicted molar refractivity (Wildman–Crippen MR) is 73.6 cm³/mol. The van der Waals surface area contributed by atoms with Crippen LogP contribution in [0.1, 0.15) is 51.4 Å². The van der Waals surface area contributed by atoms with Crippen molar-refractivity contribution in [1.29, 1.82) is 0 Å². The minimum absolute atomic E-state index is 0.124. The molecule has 0 atom stereocenters. The molecule has 2 fully saturated rings. The van der Waals surface area contributed by atoms with E-state index in [0.29, 0.717) is 25.8 Å². The Morgan fingerprint density at radius 3 is 2.09 bits per heavy atom. The molecule has 0 bridgehead atoms. The molecule has 120 valence electrons. The van der Waals surface area contributed by atoms with Crippen LogP contribution in [0.3, 0.4) is 0 Å². The zero-order chi connectivity index (χ0) is 16.1. The van der Waals surface area contributed by atoms with Gasteiger partial charge in [0.1, 0.15) is 0 Å². The Hall–Kier alpha value is -2.05. The molecule has 2 aliphatic rings. The van der Waals surface area contributed by atoms with Crippen molar-refractivity contribution in [3.8, 4) is 0 Å². The van der Waals surface area contributed by atoms with Gasteiger partial charge in [0.15, 0.2) is 11.6 Å². The molecule has 0 N–H and O–H groups in total. The molecule has 1 aliphatic carbocycles. The molecule has 1 saturated heterocycles. The average Bonchev–Trinajstić information content (AvgIpc) is 2.96. The van der Waals surface area contributed by atoms with E-state index in [2.05, 4.69) is 0 Å². The number of imide groups is 1. The molecule has 0 spiro atoms. The molecule has 0 aromatic carbocycles. The lowest BCUT2D eigenvalue weighted by molar-refractivity contribution is -0.157. The fourth-order valence-corrected chi connectivity index (χ4v) is 2.60. The number of ketones is 2. The summed E-state index contributed by atoms with van der Waals surface area (Å²) >= 11 is 0. The lowest BCUT2D eigenvalue weighted by atomic mass is 10.2. The molecule has 1 saturated carbocycles. The summed E-state index contributed by atoms with van der Waals surface area (Å²) in [6, 6.07) is 0. The van der Waals surface area contributed by atoms with Gasteiger partial charge in [-0.3, -0.25) is 28.9 Å². The van der Waals surface area contributed by atoms with Gasteiger partial charge in [-0.05, 0) is 12.8 Å². The third-order valence-corrected chi connectivity index (χ3v) is 3.87. The standard InChI is InChI=1S/C15H19NO6/c17-10-5-6-11(18)15(10)22-14(21)4-2-1-3-9-16-12(19)7-8-13(16)20/h15H,1-9H2. The van der Waals surface area contributed by atoms with Crippen molar-refractivity contribution in [1.82, 2.24) is 4.90 Å². The second-order valence-corrected chi connectivity index (χ2v) is 5.55. The van der Waals surface area contributed by atoms with E-state index in [4.69, 9.17) is 4.74 Å². The van der Waals surface area contributed by atoms with Crippen LogP contribution in [0.15, 0.2) is 0 Å². The predicted octanol–water partition coefficient (Wildman–Crippen LogP) is 0.540. The highest BCUT2D eigenvalue weighted by molar-refractivity contribution is 6.12. The van der Waals surface area contributed by atoms with Crippen LogP contribution in [0.5, 0.6) is 0 Å². The Labute approximate surface area is 128 Å². The highest BCUT2D eigenvalue weighted by atomic mass is 16.5. The van der Waals surface area contributed by atoms with Gasteiger partial charge in [0.05, 0.1) is 0 Å². The molecule has 0 aromatic rings. The molecular weight excluding hydrogens is 290 g/mol. The summed E-state index contributed by atoms with van der Waals surface area (Å²) in [6.45, 7) is 0.381. The van der Waals surface area contributed by atoms with Crippen molar-refractivity contribution in [2.24, 2.45) is 0 Å². The van der Waals surface area contributed by atoms with Gasteiger partial charge in [0.25, 0.3) is 0 Å². The second-order valence-electron chi connectivity index (χ2n) is 5.55. The maximum Gasteiger partial charge on any atom is 0.306 e. The Balaban J connectivity index is 1.59. The van der Waals surface area contributed by atoms with E-state index in [1.54, 1.807) is 0 Å². The number of unbranched alkanes of at least 4 members (excludes halogenated alkanes) is 2. The van der Waals surface area contributed by atoms with Crippen LogP contribution in [-0.2, 0) is 28.7 Å². The van der Waals surface area contributed by atoms with E-state index in [-0.39, 0.29) is 55.5 Å². The van der Waals surface area contributed by atoms with E-state index >= 15 is 0 Å². The number of nitrogens with zero attached hydrogens (tertiary/aromatic N) is 1. The Morgan fingerprint density at radius 2 is 1.50 bits per heavy atom. The summed E-state index contributed by atoms with van der Waals surface area (Å²) in [6.07, 6.45) is 1.62. The first-order valence-corrected chi connectivity index (χ1v) is 7.57. The smallest absolute Gasteiger partial charge is 0.306 e. The number of likely N-dealkylation sites (tertiary alicyclic amines) is 1. The molecule has 0 radical (unpaired) electrons. The number of hydrogen-bond donors (Lipinski definition) is 0. The van der Waals surface area contributed by atoms with Crippen LogP contribution < -0.4 is 0 Å². The summed E-state index contributed by atoms with van der Waals surface area (Å²) < 4.78 is 4.89. The van der Waals surface area contributed by atoms with Crippen LogP contribution in [0.4, 0.5) is 0 Å². The van der Waals surface area contributed by atoms with Gasteiger partial charge in [0.2, 0.25) is 17.9 Å². The molecule has 1 heterocycles. The van der Waals surface area contributed by atoms with Crippen molar-refractivity contribution in [3.63, 3.8) is 0 Å². The average molecular weight is 309 g/mol. The monoisotopic (exact) mass is 309 g/mol. The van der Waals surface area contributed by atoms with Gasteiger partial charge >= 0.3 is 5.97 Å². The quantitative estimate of drug-likeness (QED) is 0.295. The maximum atomic E-state index is 11.6. The van der Waals surface area contributed by atoms with Crippen LogP contribution in [-0.4, -0.2) is 46.9 Å². The van der Waals surface area contributed by atoms with Crippen LogP contribution in [0.25, 0.3) is 0 Å². The van der Waals surface area contributed by atoms with E-state index in [0.717, 1.165) is 0 Å². The van der Waals surface area contributed by atoms with Gasteiger partial charge < -0.3 is 4.74 Å². The number of esters is 1. The minimum Gasteiger partial charge on any atom is -0.446 e. The van der Waals surface area contributed by atoms with Gasteiger partial charge in [-0.15, -0.1) is 0 Å². The van der Waals surface area contributed by atoms with Crippen LogP contribution in [0.2, 0.25) is 0 Å². The molecule has 1 aliphatic heterocycles. The topological polar surface area (TPSA) is 97.8 Å². The van der Waals surface area contributed by atoms with Crippen molar-refractivity contribution >= 4 is 29.4 Å². The third kappa shape index (κ3) is 3.99. The zero-order valence-corrected chi connectivity index (χ0v) is 12.3.